The van der Waals surface area contributed by atoms with Crippen molar-refractivity contribution in [2.45, 2.75) is 38.2 Å². The van der Waals surface area contributed by atoms with Crippen LogP contribution in [0.4, 0.5) is 4.39 Å². The van der Waals surface area contributed by atoms with Gasteiger partial charge in [0.25, 0.3) is 0 Å². The first-order chi connectivity index (χ1) is 8.79. The minimum atomic E-state index is -0.168. The van der Waals surface area contributed by atoms with Crippen LogP contribution in [0.15, 0.2) is 24.3 Å². The fraction of sp³-hybridized carbons (Fsp3) is 0.600. The molecule has 0 bridgehead atoms. The number of halogens is 1. The van der Waals surface area contributed by atoms with Gasteiger partial charge in [0.1, 0.15) is 5.82 Å². The maximum atomic E-state index is 13.0. The third-order valence-corrected chi connectivity index (χ3v) is 3.55. The molecular weight excluding hydrogens is 229 g/mol. The van der Waals surface area contributed by atoms with Crippen molar-refractivity contribution in [2.24, 2.45) is 0 Å². The van der Waals surface area contributed by atoms with Crippen LogP contribution in [0.2, 0.25) is 0 Å². The summed E-state index contributed by atoms with van der Waals surface area (Å²) in [5.41, 5.74) is 1.20. The van der Waals surface area contributed by atoms with Crippen LogP contribution in [0.3, 0.4) is 0 Å². The molecule has 1 aromatic rings. The van der Waals surface area contributed by atoms with Gasteiger partial charge in [-0.1, -0.05) is 19.1 Å². The average Bonchev–Trinajstić information content (AvgIpc) is 2.88. The standard InChI is InChI=1S/C15H22FNO/c1-2-17-11-13(10-15-4-3-9-18-15)12-5-7-14(16)8-6-12/h5-8,13,15,17H,2-4,9-11H2,1H3. The van der Waals surface area contributed by atoms with Gasteiger partial charge in [-0.05, 0) is 49.4 Å². The number of benzene rings is 1. The second-order valence-electron chi connectivity index (χ2n) is 4.93. The van der Waals surface area contributed by atoms with Crippen LogP contribution in [0.1, 0.15) is 37.7 Å². The third-order valence-electron chi connectivity index (χ3n) is 3.55. The lowest BCUT2D eigenvalue weighted by molar-refractivity contribution is 0.0977. The molecule has 1 heterocycles. The third kappa shape index (κ3) is 3.79. The molecule has 2 unspecified atom stereocenters. The van der Waals surface area contributed by atoms with Gasteiger partial charge in [-0.15, -0.1) is 0 Å². The van der Waals surface area contributed by atoms with E-state index in [1.165, 1.54) is 12.0 Å². The molecule has 1 aliphatic rings. The lowest BCUT2D eigenvalue weighted by Gasteiger charge is -2.21. The molecule has 1 aliphatic heterocycles. The highest BCUT2D eigenvalue weighted by Gasteiger charge is 2.21. The minimum Gasteiger partial charge on any atom is -0.378 e. The van der Waals surface area contributed by atoms with Crippen molar-refractivity contribution in [1.29, 1.82) is 0 Å². The Bertz CT molecular complexity index is 346. The molecular formula is C15H22FNO. The van der Waals surface area contributed by atoms with Gasteiger partial charge in [0, 0.05) is 13.2 Å². The van der Waals surface area contributed by atoms with Gasteiger partial charge in [-0.2, -0.15) is 0 Å². The van der Waals surface area contributed by atoms with Crippen LogP contribution in [0.5, 0.6) is 0 Å². The van der Waals surface area contributed by atoms with E-state index in [-0.39, 0.29) is 5.82 Å². The van der Waals surface area contributed by atoms with Crippen molar-refractivity contribution in [1.82, 2.24) is 5.32 Å². The van der Waals surface area contributed by atoms with Crippen molar-refractivity contribution in [3.8, 4) is 0 Å². The Labute approximate surface area is 109 Å². The number of ether oxygens (including phenoxy) is 1. The van der Waals surface area contributed by atoms with E-state index < -0.39 is 0 Å². The lowest BCUT2D eigenvalue weighted by atomic mass is 9.92. The van der Waals surface area contributed by atoms with E-state index in [1.54, 1.807) is 12.1 Å². The molecule has 0 spiro atoms. The largest absolute Gasteiger partial charge is 0.378 e. The molecule has 2 rings (SSSR count). The summed E-state index contributed by atoms with van der Waals surface area (Å²) in [6, 6.07) is 6.88. The lowest BCUT2D eigenvalue weighted by Crippen LogP contribution is -2.24. The van der Waals surface area contributed by atoms with Gasteiger partial charge >= 0.3 is 0 Å². The summed E-state index contributed by atoms with van der Waals surface area (Å²) >= 11 is 0. The number of likely N-dealkylation sites (N-methyl/N-ethyl adjacent to an activating group) is 1. The molecule has 2 nitrogen and oxygen atoms in total. The van der Waals surface area contributed by atoms with Crippen LogP contribution in [-0.4, -0.2) is 25.8 Å². The Hall–Kier alpha value is -0.930. The van der Waals surface area contributed by atoms with Crippen molar-refractivity contribution in [3.63, 3.8) is 0 Å². The van der Waals surface area contributed by atoms with Gasteiger partial charge < -0.3 is 10.1 Å². The first-order valence-electron chi connectivity index (χ1n) is 6.87. The molecule has 100 valence electrons. The van der Waals surface area contributed by atoms with E-state index in [0.29, 0.717) is 12.0 Å². The highest BCUT2D eigenvalue weighted by molar-refractivity contribution is 5.21. The summed E-state index contributed by atoms with van der Waals surface area (Å²) in [4.78, 5) is 0. The highest BCUT2D eigenvalue weighted by Crippen LogP contribution is 2.26. The Morgan fingerprint density at radius 2 is 2.17 bits per heavy atom. The minimum absolute atomic E-state index is 0.168. The predicted octanol–water partition coefficient (Wildman–Crippen LogP) is 3.09. The van der Waals surface area contributed by atoms with E-state index >= 15 is 0 Å². The summed E-state index contributed by atoms with van der Waals surface area (Å²) in [5, 5.41) is 3.39. The fourth-order valence-electron chi connectivity index (χ4n) is 2.54. The van der Waals surface area contributed by atoms with Gasteiger partial charge in [-0.25, -0.2) is 4.39 Å². The monoisotopic (exact) mass is 251 g/mol. The maximum Gasteiger partial charge on any atom is 0.123 e. The van der Waals surface area contributed by atoms with Crippen LogP contribution >= 0.6 is 0 Å². The van der Waals surface area contributed by atoms with Crippen molar-refractivity contribution in [3.05, 3.63) is 35.6 Å². The van der Waals surface area contributed by atoms with E-state index in [2.05, 4.69) is 12.2 Å². The molecule has 0 saturated carbocycles. The Balaban J connectivity index is 2.00. The number of hydrogen-bond donors (Lipinski definition) is 1. The average molecular weight is 251 g/mol. The smallest absolute Gasteiger partial charge is 0.123 e. The molecule has 2 atom stereocenters. The van der Waals surface area contributed by atoms with Gasteiger partial charge in [0.2, 0.25) is 0 Å². The molecule has 1 fully saturated rings. The first kappa shape index (κ1) is 13.5. The topological polar surface area (TPSA) is 21.3 Å². The summed E-state index contributed by atoms with van der Waals surface area (Å²) < 4.78 is 18.7. The summed E-state index contributed by atoms with van der Waals surface area (Å²) in [7, 11) is 0. The van der Waals surface area contributed by atoms with E-state index in [0.717, 1.165) is 32.5 Å². The number of rotatable bonds is 6. The second-order valence-corrected chi connectivity index (χ2v) is 4.93. The van der Waals surface area contributed by atoms with Gasteiger partial charge in [0.05, 0.1) is 6.10 Å². The molecule has 0 radical (unpaired) electrons. The Morgan fingerprint density at radius 3 is 2.78 bits per heavy atom. The predicted molar refractivity (Wildman–Crippen MR) is 71.3 cm³/mol. The number of nitrogens with one attached hydrogen (secondary N) is 1. The zero-order chi connectivity index (χ0) is 12.8. The molecule has 1 saturated heterocycles. The first-order valence-corrected chi connectivity index (χ1v) is 6.87. The summed E-state index contributed by atoms with van der Waals surface area (Å²) in [5.74, 6) is 0.242. The van der Waals surface area contributed by atoms with E-state index in [1.807, 2.05) is 12.1 Å². The van der Waals surface area contributed by atoms with Crippen molar-refractivity contribution >= 4 is 0 Å². The number of hydrogen-bond acceptors (Lipinski definition) is 2. The fourth-order valence-corrected chi connectivity index (χ4v) is 2.54. The van der Waals surface area contributed by atoms with Crippen LogP contribution in [-0.2, 0) is 4.74 Å². The molecule has 0 aromatic heterocycles. The molecule has 0 amide bonds. The van der Waals surface area contributed by atoms with E-state index in [9.17, 15) is 4.39 Å². The van der Waals surface area contributed by atoms with Crippen molar-refractivity contribution < 1.29 is 9.13 Å². The van der Waals surface area contributed by atoms with Gasteiger partial charge in [-0.3, -0.25) is 0 Å². The van der Waals surface area contributed by atoms with Crippen molar-refractivity contribution in [2.75, 3.05) is 19.7 Å². The van der Waals surface area contributed by atoms with Gasteiger partial charge in [0.15, 0.2) is 0 Å². The normalized spacial score (nSPS) is 21.1. The van der Waals surface area contributed by atoms with Crippen LogP contribution in [0.25, 0.3) is 0 Å². The van der Waals surface area contributed by atoms with Crippen LogP contribution in [0, 0.1) is 5.82 Å². The molecule has 3 heteroatoms. The zero-order valence-electron chi connectivity index (χ0n) is 11.0. The zero-order valence-corrected chi connectivity index (χ0v) is 11.0. The highest BCUT2D eigenvalue weighted by atomic mass is 19.1. The summed E-state index contributed by atoms with van der Waals surface area (Å²) in [6.07, 6.45) is 3.73. The molecule has 0 aliphatic carbocycles. The quantitative estimate of drug-likeness (QED) is 0.839. The summed E-state index contributed by atoms with van der Waals surface area (Å²) in [6.45, 7) is 4.89. The molecule has 18 heavy (non-hydrogen) atoms. The van der Waals surface area contributed by atoms with E-state index in [4.69, 9.17) is 4.74 Å². The second kappa shape index (κ2) is 6.86. The SMILES string of the molecule is CCNCC(CC1CCCO1)c1ccc(F)cc1. The molecule has 1 aromatic carbocycles. The Kier molecular flexibility index (Phi) is 5.14. The molecule has 1 N–H and O–H groups in total. The maximum absolute atomic E-state index is 13.0. The van der Waals surface area contributed by atoms with Crippen LogP contribution < -0.4 is 5.32 Å². The Morgan fingerprint density at radius 1 is 1.39 bits per heavy atom.